The smallest absolute Gasteiger partial charge is 0.160 e. The standard InChI is InChI=1S/C11H9F2N3/c12-9-2-1-8(6-10(9)13)16-11-5-7(14)3-4-15-11/h1-6H,(H3,14,15,16). The van der Waals surface area contributed by atoms with Gasteiger partial charge in [-0.15, -0.1) is 0 Å². The average molecular weight is 221 g/mol. The lowest BCUT2D eigenvalue weighted by Crippen LogP contribution is -1.96. The Labute approximate surface area is 90.9 Å². The van der Waals surface area contributed by atoms with E-state index in [-0.39, 0.29) is 0 Å². The molecule has 0 saturated heterocycles. The number of pyridine rings is 1. The number of aromatic nitrogens is 1. The number of nitrogens with zero attached hydrogens (tertiary/aromatic N) is 1. The molecule has 0 unspecified atom stereocenters. The number of halogens is 2. The SMILES string of the molecule is Nc1ccnc(Nc2ccc(F)c(F)c2)c1. The zero-order valence-corrected chi connectivity index (χ0v) is 8.24. The van der Waals surface area contributed by atoms with Crippen LogP contribution in [0.15, 0.2) is 36.5 Å². The van der Waals surface area contributed by atoms with Crippen molar-refractivity contribution in [2.75, 3.05) is 11.1 Å². The number of nitrogens with two attached hydrogens (primary N) is 1. The lowest BCUT2D eigenvalue weighted by Gasteiger charge is -2.06. The Kier molecular flexibility index (Phi) is 2.68. The molecule has 0 spiro atoms. The molecule has 2 rings (SSSR count). The summed E-state index contributed by atoms with van der Waals surface area (Å²) < 4.78 is 25.6. The molecule has 0 aliphatic rings. The van der Waals surface area contributed by atoms with Crippen LogP contribution in [0.4, 0.5) is 26.0 Å². The van der Waals surface area contributed by atoms with Crippen molar-refractivity contribution in [2.24, 2.45) is 0 Å². The predicted molar refractivity (Wildman–Crippen MR) is 58.3 cm³/mol. The Bertz CT molecular complexity index is 514. The second-order valence-electron chi connectivity index (χ2n) is 3.23. The molecule has 82 valence electrons. The summed E-state index contributed by atoms with van der Waals surface area (Å²) in [5, 5.41) is 2.82. The molecule has 0 bridgehead atoms. The van der Waals surface area contributed by atoms with Crippen molar-refractivity contribution in [1.29, 1.82) is 0 Å². The van der Waals surface area contributed by atoms with E-state index in [1.54, 1.807) is 12.1 Å². The topological polar surface area (TPSA) is 50.9 Å². The van der Waals surface area contributed by atoms with Gasteiger partial charge in [0.25, 0.3) is 0 Å². The highest BCUT2D eigenvalue weighted by molar-refractivity contribution is 5.59. The number of nitrogen functional groups attached to an aromatic ring is 1. The van der Waals surface area contributed by atoms with Gasteiger partial charge in [0.1, 0.15) is 5.82 Å². The Morgan fingerprint density at radius 1 is 1.06 bits per heavy atom. The fourth-order valence-electron chi connectivity index (χ4n) is 1.24. The predicted octanol–water partition coefficient (Wildman–Crippen LogP) is 2.69. The van der Waals surface area contributed by atoms with Gasteiger partial charge in [0.2, 0.25) is 0 Å². The van der Waals surface area contributed by atoms with Crippen LogP contribution in [0.5, 0.6) is 0 Å². The van der Waals surface area contributed by atoms with Crippen molar-refractivity contribution in [3.63, 3.8) is 0 Å². The second-order valence-corrected chi connectivity index (χ2v) is 3.23. The number of benzene rings is 1. The van der Waals surface area contributed by atoms with Gasteiger partial charge in [-0.25, -0.2) is 13.8 Å². The lowest BCUT2D eigenvalue weighted by atomic mass is 10.3. The number of anilines is 3. The number of hydrogen-bond donors (Lipinski definition) is 2. The third-order valence-corrected chi connectivity index (χ3v) is 1.98. The van der Waals surface area contributed by atoms with E-state index >= 15 is 0 Å². The summed E-state index contributed by atoms with van der Waals surface area (Å²) >= 11 is 0. The first-order valence-electron chi connectivity index (χ1n) is 4.59. The third-order valence-electron chi connectivity index (χ3n) is 1.98. The maximum Gasteiger partial charge on any atom is 0.160 e. The zero-order chi connectivity index (χ0) is 11.5. The Balaban J connectivity index is 2.24. The normalized spacial score (nSPS) is 10.1. The fourth-order valence-corrected chi connectivity index (χ4v) is 1.24. The molecule has 16 heavy (non-hydrogen) atoms. The molecule has 2 aromatic rings. The quantitative estimate of drug-likeness (QED) is 0.819. The van der Waals surface area contributed by atoms with Gasteiger partial charge in [0.05, 0.1) is 0 Å². The molecule has 1 aromatic heterocycles. The van der Waals surface area contributed by atoms with Gasteiger partial charge in [0.15, 0.2) is 11.6 Å². The number of nitrogens with one attached hydrogen (secondary N) is 1. The Morgan fingerprint density at radius 3 is 2.56 bits per heavy atom. The monoisotopic (exact) mass is 221 g/mol. The van der Waals surface area contributed by atoms with Crippen molar-refractivity contribution < 1.29 is 8.78 Å². The highest BCUT2D eigenvalue weighted by atomic mass is 19.2. The van der Waals surface area contributed by atoms with Crippen molar-refractivity contribution in [1.82, 2.24) is 4.98 Å². The van der Waals surface area contributed by atoms with Crippen LogP contribution >= 0.6 is 0 Å². The van der Waals surface area contributed by atoms with Crippen LogP contribution in [0.3, 0.4) is 0 Å². The van der Waals surface area contributed by atoms with Crippen LogP contribution in [0.1, 0.15) is 0 Å². The maximum absolute atomic E-state index is 12.9. The minimum absolute atomic E-state index is 0.414. The minimum atomic E-state index is -0.908. The maximum atomic E-state index is 12.9. The molecule has 0 saturated carbocycles. The summed E-state index contributed by atoms with van der Waals surface area (Å²) in [5.74, 6) is -1.31. The zero-order valence-electron chi connectivity index (χ0n) is 8.24. The largest absolute Gasteiger partial charge is 0.399 e. The van der Waals surface area contributed by atoms with Gasteiger partial charge in [-0.3, -0.25) is 0 Å². The summed E-state index contributed by atoms with van der Waals surface area (Å²) in [6.45, 7) is 0. The van der Waals surface area contributed by atoms with Crippen LogP contribution in [0.2, 0.25) is 0 Å². The molecule has 1 heterocycles. The highest BCUT2D eigenvalue weighted by Gasteiger charge is 2.03. The van der Waals surface area contributed by atoms with E-state index in [1.165, 1.54) is 12.3 Å². The van der Waals surface area contributed by atoms with Gasteiger partial charge < -0.3 is 11.1 Å². The third kappa shape index (κ3) is 2.25. The highest BCUT2D eigenvalue weighted by Crippen LogP contribution is 2.18. The Hall–Kier alpha value is -2.17. The van der Waals surface area contributed by atoms with Gasteiger partial charge in [-0.1, -0.05) is 0 Å². The summed E-state index contributed by atoms with van der Waals surface area (Å²) in [7, 11) is 0. The van der Waals surface area contributed by atoms with Crippen LogP contribution in [0.25, 0.3) is 0 Å². The summed E-state index contributed by atoms with van der Waals surface area (Å²) in [4.78, 5) is 3.98. The summed E-state index contributed by atoms with van der Waals surface area (Å²) in [6.07, 6.45) is 1.53. The van der Waals surface area contributed by atoms with E-state index in [1.807, 2.05) is 0 Å². The van der Waals surface area contributed by atoms with E-state index in [9.17, 15) is 8.78 Å². The first-order chi connectivity index (χ1) is 7.65. The van der Waals surface area contributed by atoms with Crippen LogP contribution in [-0.2, 0) is 0 Å². The van der Waals surface area contributed by atoms with Crippen LogP contribution in [-0.4, -0.2) is 4.98 Å². The van der Waals surface area contributed by atoms with Crippen molar-refractivity contribution in [3.8, 4) is 0 Å². The van der Waals surface area contributed by atoms with Crippen LogP contribution < -0.4 is 11.1 Å². The van der Waals surface area contributed by atoms with Gasteiger partial charge in [0, 0.05) is 29.7 Å². The van der Waals surface area contributed by atoms with Gasteiger partial charge in [-0.05, 0) is 18.2 Å². The number of hydrogen-bond acceptors (Lipinski definition) is 3. The lowest BCUT2D eigenvalue weighted by molar-refractivity contribution is 0.509. The fraction of sp³-hybridized carbons (Fsp3) is 0. The summed E-state index contributed by atoms with van der Waals surface area (Å²) in [6, 6.07) is 6.76. The molecule has 0 radical (unpaired) electrons. The molecule has 0 aliphatic heterocycles. The molecule has 0 fully saturated rings. The molecular weight excluding hydrogens is 212 g/mol. The van der Waals surface area contributed by atoms with E-state index in [0.29, 0.717) is 17.2 Å². The van der Waals surface area contributed by atoms with E-state index < -0.39 is 11.6 Å². The van der Waals surface area contributed by atoms with E-state index in [0.717, 1.165) is 12.1 Å². The molecule has 3 nitrogen and oxygen atoms in total. The van der Waals surface area contributed by atoms with Crippen LogP contribution in [0, 0.1) is 11.6 Å². The molecule has 0 aliphatic carbocycles. The molecule has 0 amide bonds. The molecule has 1 aromatic carbocycles. The molecule has 3 N–H and O–H groups in total. The van der Waals surface area contributed by atoms with Crippen molar-refractivity contribution in [3.05, 3.63) is 48.2 Å². The van der Waals surface area contributed by atoms with Crippen molar-refractivity contribution in [2.45, 2.75) is 0 Å². The van der Waals surface area contributed by atoms with Crippen molar-refractivity contribution >= 4 is 17.2 Å². The van der Waals surface area contributed by atoms with Gasteiger partial charge in [-0.2, -0.15) is 0 Å². The number of rotatable bonds is 2. The first-order valence-corrected chi connectivity index (χ1v) is 4.59. The van der Waals surface area contributed by atoms with Gasteiger partial charge >= 0.3 is 0 Å². The second kappa shape index (κ2) is 4.14. The average Bonchev–Trinajstić information content (AvgIpc) is 2.24. The molecule has 5 heteroatoms. The Morgan fingerprint density at radius 2 is 1.88 bits per heavy atom. The minimum Gasteiger partial charge on any atom is -0.399 e. The molecular formula is C11H9F2N3. The first kappa shape index (κ1) is 10.4. The summed E-state index contributed by atoms with van der Waals surface area (Å²) in [5.41, 5.74) is 6.51. The van der Waals surface area contributed by atoms with E-state index in [4.69, 9.17) is 5.73 Å². The molecule has 0 atom stereocenters. The van der Waals surface area contributed by atoms with E-state index in [2.05, 4.69) is 10.3 Å².